The Morgan fingerprint density at radius 3 is 2.59 bits per heavy atom. The predicted molar refractivity (Wildman–Crippen MR) is 119 cm³/mol. The molecule has 1 saturated heterocycles. The maximum Gasteiger partial charge on any atom is 0.306 e. The van der Waals surface area contributed by atoms with Crippen LogP contribution in [-0.2, 0) is 17.6 Å². The van der Waals surface area contributed by atoms with E-state index in [4.69, 9.17) is 16.3 Å². The van der Waals surface area contributed by atoms with Crippen LogP contribution in [0.15, 0.2) is 30.3 Å². The van der Waals surface area contributed by atoms with Gasteiger partial charge >= 0.3 is 5.97 Å². The lowest BCUT2D eigenvalue weighted by Crippen LogP contribution is -2.50. The van der Waals surface area contributed by atoms with Crippen LogP contribution in [-0.4, -0.2) is 34.7 Å². The van der Waals surface area contributed by atoms with E-state index in [0.717, 1.165) is 61.7 Å². The van der Waals surface area contributed by atoms with Gasteiger partial charge in [0.25, 0.3) is 0 Å². The molecular weight excluding hydrogens is 436 g/mol. The highest BCUT2D eigenvalue weighted by atomic mass is 35.5. The number of carboxylic acid groups (broad SMARTS) is 1. The first-order valence-electron chi connectivity index (χ1n) is 11.1. The molecule has 0 aliphatic carbocycles. The molecule has 172 valence electrons. The van der Waals surface area contributed by atoms with Crippen LogP contribution in [0, 0.1) is 17.6 Å². The van der Waals surface area contributed by atoms with Crippen LogP contribution in [0.2, 0.25) is 5.02 Å². The minimum atomic E-state index is -0.806. The number of rotatable bonds is 5. The number of hydrogen-bond donors (Lipinski definition) is 1. The standard InChI is InChI=1S/C25H28ClF2NO3/c1-15(24(30)31)11-17-3-4-18-5-6-25(32-22(18)12-17)7-9-29(10-8-25)16(2)20-13-19(27)14-21(28)23(20)26/h3-4,12-16H,5-11H2,1-2H3,(H,30,31)/t15-,16?/m0/s1. The topological polar surface area (TPSA) is 49.8 Å². The molecule has 1 N–H and O–H groups in total. The molecule has 2 atom stereocenters. The van der Waals surface area contributed by atoms with E-state index in [9.17, 15) is 18.7 Å². The number of fused-ring (bicyclic) bond motifs is 1. The summed E-state index contributed by atoms with van der Waals surface area (Å²) >= 11 is 6.12. The number of nitrogens with zero attached hydrogens (tertiary/aromatic N) is 1. The Labute approximate surface area is 192 Å². The summed E-state index contributed by atoms with van der Waals surface area (Å²) in [7, 11) is 0. The number of carbonyl (C=O) groups is 1. The van der Waals surface area contributed by atoms with Crippen molar-refractivity contribution in [3.05, 3.63) is 63.7 Å². The summed E-state index contributed by atoms with van der Waals surface area (Å²) in [5.74, 6) is -1.76. The molecule has 0 saturated carbocycles. The van der Waals surface area contributed by atoms with Gasteiger partial charge < -0.3 is 9.84 Å². The highest BCUT2D eigenvalue weighted by Crippen LogP contribution is 2.42. The molecule has 4 nitrogen and oxygen atoms in total. The van der Waals surface area contributed by atoms with E-state index in [0.29, 0.717) is 12.0 Å². The maximum absolute atomic E-state index is 13.9. The first-order valence-corrected chi connectivity index (χ1v) is 11.5. The monoisotopic (exact) mass is 463 g/mol. The van der Waals surface area contributed by atoms with E-state index >= 15 is 0 Å². The lowest BCUT2D eigenvalue weighted by Gasteiger charge is -2.46. The molecule has 2 aromatic rings. The van der Waals surface area contributed by atoms with Crippen molar-refractivity contribution >= 4 is 17.6 Å². The summed E-state index contributed by atoms with van der Waals surface area (Å²) in [5, 5.41) is 9.17. The minimum Gasteiger partial charge on any atom is -0.487 e. The summed E-state index contributed by atoms with van der Waals surface area (Å²) in [5.41, 5.74) is 2.31. The van der Waals surface area contributed by atoms with Gasteiger partial charge in [-0.15, -0.1) is 0 Å². The van der Waals surface area contributed by atoms with Gasteiger partial charge in [-0.25, -0.2) is 8.78 Å². The fraction of sp³-hybridized carbons (Fsp3) is 0.480. The Hall–Kier alpha value is -2.18. The fourth-order valence-electron chi connectivity index (χ4n) is 4.86. The molecular formula is C25H28ClF2NO3. The van der Waals surface area contributed by atoms with Gasteiger partial charge in [-0.05, 0) is 67.9 Å². The third-order valence-corrected chi connectivity index (χ3v) is 7.40. The third-order valence-electron chi connectivity index (χ3n) is 7.00. The highest BCUT2D eigenvalue weighted by Gasteiger charge is 2.40. The van der Waals surface area contributed by atoms with Crippen LogP contribution in [0.5, 0.6) is 5.75 Å². The summed E-state index contributed by atoms with van der Waals surface area (Å²) in [4.78, 5) is 13.4. The summed E-state index contributed by atoms with van der Waals surface area (Å²) < 4.78 is 34.2. The zero-order valence-electron chi connectivity index (χ0n) is 18.3. The number of halogens is 3. The molecule has 7 heteroatoms. The van der Waals surface area contributed by atoms with Crippen molar-refractivity contribution in [2.45, 2.75) is 57.6 Å². The van der Waals surface area contributed by atoms with E-state index < -0.39 is 23.5 Å². The van der Waals surface area contributed by atoms with Crippen molar-refractivity contribution in [1.82, 2.24) is 4.90 Å². The van der Waals surface area contributed by atoms with E-state index in [1.807, 2.05) is 25.1 Å². The summed E-state index contributed by atoms with van der Waals surface area (Å²) in [6.45, 7) is 5.10. The van der Waals surface area contributed by atoms with E-state index in [2.05, 4.69) is 4.90 Å². The quantitative estimate of drug-likeness (QED) is 0.569. The molecule has 0 bridgehead atoms. The number of piperidine rings is 1. The van der Waals surface area contributed by atoms with Crippen molar-refractivity contribution in [2.75, 3.05) is 13.1 Å². The van der Waals surface area contributed by atoms with Crippen LogP contribution in [0.25, 0.3) is 0 Å². The predicted octanol–water partition coefficient (Wildman–Crippen LogP) is 5.80. The molecule has 2 aliphatic heterocycles. The Morgan fingerprint density at radius 2 is 1.91 bits per heavy atom. The lowest BCUT2D eigenvalue weighted by molar-refractivity contribution is -0.141. The summed E-state index contributed by atoms with van der Waals surface area (Å²) in [6.07, 6.45) is 3.92. The average molecular weight is 464 g/mol. The van der Waals surface area contributed by atoms with Gasteiger partial charge in [0, 0.05) is 25.2 Å². The number of aryl methyl sites for hydroxylation is 1. The molecule has 4 rings (SSSR count). The Morgan fingerprint density at radius 1 is 1.19 bits per heavy atom. The number of likely N-dealkylation sites (tertiary alicyclic amines) is 1. The van der Waals surface area contributed by atoms with Crippen molar-refractivity contribution in [2.24, 2.45) is 5.92 Å². The van der Waals surface area contributed by atoms with Crippen molar-refractivity contribution < 1.29 is 23.4 Å². The second-order valence-corrected chi connectivity index (χ2v) is 9.55. The molecule has 32 heavy (non-hydrogen) atoms. The van der Waals surface area contributed by atoms with Gasteiger partial charge in [-0.3, -0.25) is 9.69 Å². The second kappa shape index (κ2) is 8.99. The molecule has 2 aliphatic rings. The minimum absolute atomic E-state index is 0.0230. The molecule has 1 fully saturated rings. The maximum atomic E-state index is 13.9. The van der Waals surface area contributed by atoms with E-state index in [1.165, 1.54) is 6.07 Å². The Bertz CT molecular complexity index is 1020. The third kappa shape index (κ3) is 4.62. The molecule has 0 radical (unpaired) electrons. The van der Waals surface area contributed by atoms with Crippen LogP contribution >= 0.6 is 11.6 Å². The fourth-order valence-corrected chi connectivity index (χ4v) is 5.13. The highest BCUT2D eigenvalue weighted by molar-refractivity contribution is 6.31. The van der Waals surface area contributed by atoms with Crippen LogP contribution in [0.1, 0.15) is 55.8 Å². The first kappa shape index (κ1) is 23.0. The second-order valence-electron chi connectivity index (χ2n) is 9.17. The lowest BCUT2D eigenvalue weighted by atomic mass is 9.82. The molecule has 1 unspecified atom stereocenters. The van der Waals surface area contributed by atoms with E-state index in [-0.39, 0.29) is 16.7 Å². The van der Waals surface area contributed by atoms with Gasteiger partial charge in [-0.2, -0.15) is 0 Å². The smallest absolute Gasteiger partial charge is 0.306 e. The largest absolute Gasteiger partial charge is 0.487 e. The Kier molecular flexibility index (Phi) is 6.46. The molecule has 0 aromatic heterocycles. The molecule has 2 aromatic carbocycles. The van der Waals surface area contributed by atoms with Gasteiger partial charge in [0.1, 0.15) is 23.0 Å². The number of carboxylic acids is 1. The first-order chi connectivity index (χ1) is 15.2. The number of benzene rings is 2. The van der Waals surface area contributed by atoms with Gasteiger partial charge in [-0.1, -0.05) is 30.7 Å². The number of aliphatic carboxylic acids is 1. The number of ether oxygens (including phenoxy) is 1. The Balaban J connectivity index is 1.45. The molecule has 1 spiro atoms. The number of hydrogen-bond acceptors (Lipinski definition) is 3. The van der Waals surface area contributed by atoms with Gasteiger partial charge in [0.05, 0.1) is 10.9 Å². The van der Waals surface area contributed by atoms with Crippen molar-refractivity contribution in [3.8, 4) is 5.75 Å². The SMILES string of the molecule is CC(c1cc(F)cc(F)c1Cl)N1CCC2(CCc3ccc(C[C@H](C)C(=O)O)cc3O2)CC1. The zero-order chi connectivity index (χ0) is 23.0. The molecule has 2 heterocycles. The normalized spacial score (nSPS) is 19.8. The van der Waals surface area contributed by atoms with Crippen molar-refractivity contribution in [3.63, 3.8) is 0 Å². The van der Waals surface area contributed by atoms with E-state index in [1.54, 1.807) is 6.92 Å². The van der Waals surface area contributed by atoms with Crippen LogP contribution in [0.4, 0.5) is 8.78 Å². The van der Waals surface area contributed by atoms with Crippen molar-refractivity contribution in [1.29, 1.82) is 0 Å². The van der Waals surface area contributed by atoms with Gasteiger partial charge in [0.2, 0.25) is 0 Å². The molecule has 0 amide bonds. The van der Waals surface area contributed by atoms with Gasteiger partial charge in [0.15, 0.2) is 0 Å². The zero-order valence-corrected chi connectivity index (χ0v) is 19.1. The average Bonchev–Trinajstić information content (AvgIpc) is 2.76. The van der Waals surface area contributed by atoms with Crippen LogP contribution < -0.4 is 4.74 Å². The van der Waals surface area contributed by atoms with Crippen LogP contribution in [0.3, 0.4) is 0 Å². The summed E-state index contributed by atoms with van der Waals surface area (Å²) in [6, 6.07) is 7.94.